The maximum atomic E-state index is 11.8. The molecule has 19 heavy (non-hydrogen) atoms. The molecule has 0 spiro atoms. The Balaban J connectivity index is 1.84. The highest BCUT2D eigenvalue weighted by molar-refractivity contribution is 5.96. The van der Waals surface area contributed by atoms with E-state index >= 15 is 0 Å². The van der Waals surface area contributed by atoms with E-state index in [1.165, 1.54) is 30.4 Å². The van der Waals surface area contributed by atoms with Crippen LogP contribution in [0, 0.1) is 0 Å². The number of fused-ring (bicyclic) bond motifs is 1. The molecule has 0 radical (unpaired) electrons. The van der Waals surface area contributed by atoms with E-state index in [9.17, 15) is 4.79 Å². The number of anilines is 1. The van der Waals surface area contributed by atoms with E-state index < -0.39 is 0 Å². The number of hydrogen-bond acceptors (Lipinski definition) is 2. The average molecular weight is 258 g/mol. The fraction of sp³-hybridized carbons (Fsp3) is 0.562. The van der Waals surface area contributed by atoms with E-state index in [-0.39, 0.29) is 5.91 Å². The van der Waals surface area contributed by atoms with Gasteiger partial charge >= 0.3 is 0 Å². The molecule has 0 aromatic heterocycles. The van der Waals surface area contributed by atoms with E-state index in [0.29, 0.717) is 12.5 Å². The lowest BCUT2D eigenvalue weighted by Crippen LogP contribution is -2.36. The van der Waals surface area contributed by atoms with Crippen molar-refractivity contribution in [1.82, 2.24) is 5.32 Å². The molecule has 1 aromatic rings. The lowest BCUT2D eigenvalue weighted by atomic mass is 9.90. The van der Waals surface area contributed by atoms with Gasteiger partial charge in [0, 0.05) is 25.2 Å². The molecule has 102 valence electrons. The van der Waals surface area contributed by atoms with Crippen LogP contribution in [0.15, 0.2) is 18.2 Å². The minimum Gasteiger partial charge on any atom is -0.315 e. The summed E-state index contributed by atoms with van der Waals surface area (Å²) in [5.41, 5.74) is 3.93. The maximum absolute atomic E-state index is 11.8. The molecule has 2 aliphatic rings. The summed E-state index contributed by atoms with van der Waals surface area (Å²) in [6, 6.07) is 7.01. The van der Waals surface area contributed by atoms with Gasteiger partial charge in [0.25, 0.3) is 0 Å². The first-order valence-electron chi connectivity index (χ1n) is 7.36. The lowest BCUT2D eigenvalue weighted by Gasteiger charge is -2.29. The molecule has 2 heterocycles. The second kappa shape index (κ2) is 5.33. The highest BCUT2D eigenvalue weighted by Gasteiger charge is 2.24. The molecule has 0 saturated carbocycles. The van der Waals surface area contributed by atoms with Gasteiger partial charge in [0.2, 0.25) is 5.91 Å². The standard InChI is InChI=1S/C16H22N2O/c1-18-15-7-4-5-12(14(15)8-9-16(18)19)11-13-6-2-3-10-17-13/h4-5,7,13,17H,2-3,6,8-11H2,1H3. The van der Waals surface area contributed by atoms with Crippen LogP contribution in [0.5, 0.6) is 0 Å². The third-order valence-electron chi connectivity index (χ3n) is 4.45. The Kier molecular flexibility index (Phi) is 3.56. The van der Waals surface area contributed by atoms with Crippen molar-refractivity contribution in [2.75, 3.05) is 18.5 Å². The van der Waals surface area contributed by atoms with Crippen molar-refractivity contribution in [3.8, 4) is 0 Å². The highest BCUT2D eigenvalue weighted by Crippen LogP contribution is 2.30. The molecule has 3 heteroatoms. The summed E-state index contributed by atoms with van der Waals surface area (Å²) < 4.78 is 0. The number of benzene rings is 1. The van der Waals surface area contributed by atoms with E-state index in [2.05, 4.69) is 23.5 Å². The van der Waals surface area contributed by atoms with Crippen LogP contribution >= 0.6 is 0 Å². The Hall–Kier alpha value is -1.35. The van der Waals surface area contributed by atoms with Crippen molar-refractivity contribution < 1.29 is 4.79 Å². The zero-order valence-corrected chi connectivity index (χ0v) is 11.6. The van der Waals surface area contributed by atoms with Crippen LogP contribution in [0.3, 0.4) is 0 Å². The molecule has 1 amide bonds. The number of nitrogens with one attached hydrogen (secondary N) is 1. The van der Waals surface area contributed by atoms with Crippen LogP contribution in [0.25, 0.3) is 0 Å². The predicted molar refractivity (Wildman–Crippen MR) is 77.5 cm³/mol. The van der Waals surface area contributed by atoms with Gasteiger partial charge in [-0.1, -0.05) is 18.6 Å². The normalized spacial score (nSPS) is 23.3. The van der Waals surface area contributed by atoms with Crippen molar-refractivity contribution in [3.05, 3.63) is 29.3 Å². The van der Waals surface area contributed by atoms with Gasteiger partial charge in [-0.25, -0.2) is 0 Å². The molecule has 1 atom stereocenters. The molecule has 1 unspecified atom stereocenters. The van der Waals surface area contributed by atoms with Gasteiger partial charge in [0.1, 0.15) is 0 Å². The highest BCUT2D eigenvalue weighted by atomic mass is 16.2. The molecule has 1 fully saturated rings. The molecule has 3 nitrogen and oxygen atoms in total. The second-order valence-corrected chi connectivity index (χ2v) is 5.72. The zero-order valence-electron chi connectivity index (χ0n) is 11.6. The summed E-state index contributed by atoms with van der Waals surface area (Å²) in [5.74, 6) is 0.237. The largest absolute Gasteiger partial charge is 0.315 e. The SMILES string of the molecule is CN1C(=O)CCc2c(CC3CCCCN3)cccc21. The van der Waals surface area contributed by atoms with Gasteiger partial charge < -0.3 is 10.2 Å². The van der Waals surface area contributed by atoms with Crippen LogP contribution in [-0.2, 0) is 17.6 Å². The fourth-order valence-corrected chi connectivity index (χ4v) is 3.31. The second-order valence-electron chi connectivity index (χ2n) is 5.72. The summed E-state index contributed by atoms with van der Waals surface area (Å²) in [6.07, 6.45) is 6.58. The molecular weight excluding hydrogens is 236 g/mol. The monoisotopic (exact) mass is 258 g/mol. The van der Waals surface area contributed by atoms with E-state index in [1.807, 2.05) is 11.9 Å². The summed E-state index contributed by atoms with van der Waals surface area (Å²) in [7, 11) is 1.89. The molecule has 0 bridgehead atoms. The number of carbonyl (C=O) groups is 1. The Morgan fingerprint density at radius 2 is 2.21 bits per heavy atom. The van der Waals surface area contributed by atoms with Crippen molar-refractivity contribution in [2.45, 2.75) is 44.6 Å². The van der Waals surface area contributed by atoms with Crippen molar-refractivity contribution in [2.24, 2.45) is 0 Å². The number of rotatable bonds is 2. The van der Waals surface area contributed by atoms with Crippen LogP contribution in [0.4, 0.5) is 5.69 Å². The summed E-state index contributed by atoms with van der Waals surface area (Å²) in [5, 5.41) is 3.61. The predicted octanol–water partition coefficient (Wildman–Crippen LogP) is 2.28. The topological polar surface area (TPSA) is 32.3 Å². The van der Waals surface area contributed by atoms with Crippen molar-refractivity contribution in [3.63, 3.8) is 0 Å². The van der Waals surface area contributed by atoms with Gasteiger partial charge in [0.05, 0.1) is 0 Å². The Morgan fingerprint density at radius 1 is 1.32 bits per heavy atom. The van der Waals surface area contributed by atoms with Crippen LogP contribution < -0.4 is 10.2 Å². The molecule has 3 rings (SSSR count). The Labute approximate surface area is 115 Å². The lowest BCUT2D eigenvalue weighted by molar-refractivity contribution is -0.118. The van der Waals surface area contributed by atoms with Gasteiger partial charge in [0.15, 0.2) is 0 Å². The third kappa shape index (κ3) is 2.52. The molecule has 2 aliphatic heterocycles. The summed E-state index contributed by atoms with van der Waals surface area (Å²) in [4.78, 5) is 13.6. The van der Waals surface area contributed by atoms with E-state index in [1.54, 1.807) is 0 Å². The molecule has 0 aliphatic carbocycles. The first-order valence-corrected chi connectivity index (χ1v) is 7.36. The average Bonchev–Trinajstić information content (AvgIpc) is 2.45. The van der Waals surface area contributed by atoms with Gasteiger partial charge in [-0.2, -0.15) is 0 Å². The third-order valence-corrected chi connectivity index (χ3v) is 4.45. The first kappa shape index (κ1) is 12.7. The molecule has 1 N–H and O–H groups in total. The van der Waals surface area contributed by atoms with Gasteiger partial charge in [-0.05, 0) is 49.4 Å². The zero-order chi connectivity index (χ0) is 13.2. The maximum Gasteiger partial charge on any atom is 0.227 e. The first-order chi connectivity index (χ1) is 9.25. The van der Waals surface area contributed by atoms with Crippen molar-refractivity contribution >= 4 is 11.6 Å². The number of hydrogen-bond donors (Lipinski definition) is 1. The minimum absolute atomic E-state index is 0.237. The number of amides is 1. The Morgan fingerprint density at radius 3 is 3.00 bits per heavy atom. The summed E-state index contributed by atoms with van der Waals surface area (Å²) >= 11 is 0. The quantitative estimate of drug-likeness (QED) is 0.882. The van der Waals surface area contributed by atoms with Crippen LogP contribution in [-0.4, -0.2) is 25.5 Å². The van der Waals surface area contributed by atoms with Crippen LogP contribution in [0.2, 0.25) is 0 Å². The smallest absolute Gasteiger partial charge is 0.227 e. The fourth-order valence-electron chi connectivity index (χ4n) is 3.31. The molecule has 1 saturated heterocycles. The molecular formula is C16H22N2O. The van der Waals surface area contributed by atoms with Crippen LogP contribution in [0.1, 0.15) is 36.8 Å². The van der Waals surface area contributed by atoms with Gasteiger partial charge in [-0.15, -0.1) is 0 Å². The summed E-state index contributed by atoms with van der Waals surface area (Å²) in [6.45, 7) is 1.15. The number of carbonyl (C=O) groups excluding carboxylic acids is 1. The van der Waals surface area contributed by atoms with E-state index in [0.717, 1.165) is 25.1 Å². The van der Waals surface area contributed by atoms with Crippen molar-refractivity contribution in [1.29, 1.82) is 0 Å². The van der Waals surface area contributed by atoms with Gasteiger partial charge in [-0.3, -0.25) is 4.79 Å². The van der Waals surface area contributed by atoms with E-state index in [4.69, 9.17) is 0 Å². The molecule has 1 aromatic carbocycles. The number of nitrogens with zero attached hydrogens (tertiary/aromatic N) is 1. The Bertz CT molecular complexity index is 478. The minimum atomic E-state index is 0.237. The number of piperidine rings is 1.